The van der Waals surface area contributed by atoms with Gasteiger partial charge in [-0.1, -0.05) is 88.7 Å². The van der Waals surface area contributed by atoms with Crippen LogP contribution in [0.2, 0.25) is 13.3 Å². The number of fused-ring (bicyclic) bond motifs is 9. The molecule has 0 fully saturated rings. The number of pyridine rings is 6. The number of ketones is 4. The van der Waals surface area contributed by atoms with E-state index >= 15 is 0 Å². The number of ether oxygens (including phenoxy) is 1. The van der Waals surface area contributed by atoms with E-state index in [0.717, 1.165) is 86.4 Å². The molecule has 20 nitrogen and oxygen atoms in total. The zero-order valence-corrected chi connectivity index (χ0v) is 93.9. The molecule has 0 amide bonds. The van der Waals surface area contributed by atoms with Crippen molar-refractivity contribution in [2.45, 2.75) is 153 Å². The first-order valence-electron chi connectivity index (χ1n) is 43.0. The Morgan fingerprint density at radius 1 is 0.522 bits per heavy atom. The standard InChI is InChI=1S/C17H10BrFN2OS.C17H11FN2OS.C14H17BFO2S.C9H7BrN2O.C9H8N2O.C7H4Br2N2.C7H5BrN2.C4H7O.3C4H9.C3H7.BHNS.ClH.Mg.Sn/c18-8-14(22)15-13-6-1-2-7-21(13)17(20-15)11-9-23-16-10(11)4-3-5-12(16)19;1-10(21)15-14-7-2-3-8-20(14)17(19-15)12-9-22-16-11(12)5-4-6-13(16)18;1-13(2,17)14(3,4)18-15-10-8-19-12-9(10)6-5-7-11(12)16;1-6(13)8-7-4-2-3-5-12(7)9(10)11-8;1-7(12)9-8-4-2-3-5-11(8)6-10-9;8-6-5-3-1-2-4-11(5)7(9)10-6;8-7-6-3-1-2-4-10(6)5-9-7;1-3-5-4-2;3*1-3-4-2;1-3-2;1-2-3;;;/h1-7,9H,8H2;2-9H,1H3;5-8,17H,1-4H3;2-5H,1H3;2-6H,1H3;1-4H;1-5H;1,4H2,2H3;3*1,3-4H2,2H3;3H,1-2H3;3H;1H;;/q;;;;;;;;;;;-1;;;+2;/p-1. The third-order valence-electron chi connectivity index (χ3n) is 21.3. The normalized spacial score (nSPS) is 10.9. The van der Waals surface area contributed by atoms with E-state index in [2.05, 4.69) is 169 Å². The Kier molecular flexibility index (Phi) is 47.4. The van der Waals surface area contributed by atoms with Gasteiger partial charge in [-0.3, -0.25) is 36.8 Å². The van der Waals surface area contributed by atoms with Crippen LogP contribution < -0.4 is 17.9 Å². The van der Waals surface area contributed by atoms with Crippen LogP contribution >= 0.6 is 126 Å². The second-order valence-corrected chi connectivity index (χ2v) is 50.9. The predicted octanol–water partition coefficient (Wildman–Crippen LogP) is 25.1. The van der Waals surface area contributed by atoms with Gasteiger partial charge in [0.15, 0.2) is 32.6 Å². The summed E-state index contributed by atoms with van der Waals surface area (Å²) >= 11 is 21.5. The summed E-state index contributed by atoms with van der Waals surface area (Å²) in [6.07, 6.45) is 24.9. The Labute approximate surface area is 878 Å². The molecule has 0 aliphatic rings. The molecular formula is C99H104B2Br5ClF3MgN13O7S4Sn. The molecule has 0 spiro atoms. The number of benzene rings is 3. The third kappa shape index (κ3) is 29.6. The van der Waals surface area contributed by atoms with Crippen molar-refractivity contribution in [2.24, 2.45) is 4.30 Å². The Morgan fingerprint density at radius 2 is 0.897 bits per heavy atom. The molecule has 18 rings (SSSR count). The molecule has 0 aliphatic heterocycles. The summed E-state index contributed by atoms with van der Waals surface area (Å²) in [5.74, 6) is 0.450. The Hall–Kier alpha value is -7.86. The van der Waals surface area contributed by atoms with Gasteiger partial charge in [0, 0.05) is 90.6 Å². The Balaban J connectivity index is 0.000000212. The number of halogens is 9. The van der Waals surface area contributed by atoms with Gasteiger partial charge in [0.05, 0.1) is 63.7 Å². The maximum Gasteiger partial charge on any atom is 2.00 e. The average molecular weight is 2370 g/mol. The fourth-order valence-electron chi connectivity index (χ4n) is 13.9. The number of hydrogen-bond donors (Lipinski definition) is 2. The van der Waals surface area contributed by atoms with Gasteiger partial charge in [-0.2, -0.15) is 13.8 Å². The number of aliphatic hydroxyl groups is 1. The number of nitrogens with zero attached hydrogens (tertiary/aromatic N) is 13. The van der Waals surface area contributed by atoms with Gasteiger partial charge in [0.25, 0.3) is 0 Å². The molecule has 0 unspecified atom stereocenters. The van der Waals surface area contributed by atoms with E-state index in [-0.39, 0.29) is 81.4 Å². The van der Waals surface area contributed by atoms with Gasteiger partial charge in [0.2, 0.25) is 0 Å². The molecule has 136 heavy (non-hydrogen) atoms. The molecule has 37 heteroatoms. The maximum atomic E-state index is 13.9. The minimum atomic E-state index is -2.24. The molecule has 3 aromatic carbocycles. The topological polar surface area (TPSA) is 223 Å². The first-order valence-corrected chi connectivity index (χ1v) is 57.8. The predicted molar refractivity (Wildman–Crippen MR) is 575 cm³/mol. The van der Waals surface area contributed by atoms with Crippen LogP contribution in [0.4, 0.5) is 13.2 Å². The van der Waals surface area contributed by atoms with Crippen LogP contribution in [-0.2, 0) is 9.39 Å². The van der Waals surface area contributed by atoms with Gasteiger partial charge >= 0.3 is 175 Å². The number of Topliss-reactive ketones (excluding diaryl/α,β-unsaturated/α-hetero) is 4. The summed E-state index contributed by atoms with van der Waals surface area (Å²) < 4.78 is 77.8. The van der Waals surface area contributed by atoms with E-state index in [1.807, 2.05) is 241 Å². The zero-order chi connectivity index (χ0) is 97.6. The van der Waals surface area contributed by atoms with Crippen molar-refractivity contribution in [3.05, 3.63) is 305 Å². The Morgan fingerprint density at radius 3 is 1.34 bits per heavy atom. The smallest absolute Gasteiger partial charge is 1.00 e. The van der Waals surface area contributed by atoms with Crippen molar-refractivity contribution in [1.82, 2.24) is 56.3 Å². The number of unbranched alkanes of at least 4 members (excludes halogenated alkanes) is 3. The van der Waals surface area contributed by atoms with Crippen LogP contribution in [0.15, 0.2) is 263 Å². The summed E-state index contributed by atoms with van der Waals surface area (Å²) in [6, 6.07) is 49.5. The molecule has 2 radical (unpaired) electrons. The number of hydrogen-bond acceptors (Lipinski definition) is 18. The minimum Gasteiger partial charge on any atom is -1.00 e. The van der Waals surface area contributed by atoms with Gasteiger partial charge in [-0.05, 0) is 199 Å². The molecule has 706 valence electrons. The monoisotopic (exact) mass is 2370 g/mol. The van der Waals surface area contributed by atoms with Gasteiger partial charge in [-0.25, -0.2) is 43.1 Å². The summed E-state index contributed by atoms with van der Waals surface area (Å²) in [5.41, 5.74) is 8.10. The van der Waals surface area contributed by atoms with Crippen molar-refractivity contribution < 1.29 is 59.3 Å². The van der Waals surface area contributed by atoms with Crippen LogP contribution in [0.1, 0.15) is 170 Å². The third-order valence-corrected chi connectivity index (χ3v) is 42.2. The largest absolute Gasteiger partial charge is 2.00 e. The van der Waals surface area contributed by atoms with Crippen LogP contribution in [0.3, 0.4) is 0 Å². The summed E-state index contributed by atoms with van der Waals surface area (Å²) in [5, 5.41) is 18.3. The van der Waals surface area contributed by atoms with Crippen LogP contribution in [-0.4, -0.2) is 164 Å². The number of thiophene rings is 3. The molecule has 0 aliphatic carbocycles. The fraction of sp³-hybridized carbons (Fsp3) is 0.263. The number of carbonyl (C=O) groups excluding carboxylic acids is 4. The molecule has 0 bridgehead atoms. The first kappa shape index (κ1) is 115. The number of rotatable bonds is 23. The molecule has 0 saturated carbocycles. The van der Waals surface area contributed by atoms with Crippen molar-refractivity contribution >= 4 is 275 Å². The van der Waals surface area contributed by atoms with Crippen molar-refractivity contribution in [3.8, 4) is 22.8 Å². The minimum absolute atomic E-state index is 0. The number of thiol groups is 1. The summed E-state index contributed by atoms with van der Waals surface area (Å²) in [6.45, 7) is 29.7. The van der Waals surface area contributed by atoms with Crippen molar-refractivity contribution in [1.29, 1.82) is 0 Å². The quantitative estimate of drug-likeness (QED) is 0.0152. The maximum absolute atomic E-state index is 13.9. The van der Waals surface area contributed by atoms with E-state index in [9.17, 15) is 37.5 Å². The summed E-state index contributed by atoms with van der Waals surface area (Å²) in [4.78, 5) is 71.6. The number of imidazole rings is 6. The van der Waals surface area contributed by atoms with E-state index in [0.29, 0.717) is 53.3 Å². The Bertz CT molecular complexity index is 6970. The van der Waals surface area contributed by atoms with Crippen LogP contribution in [0.5, 0.6) is 0 Å². The van der Waals surface area contributed by atoms with Gasteiger partial charge < -0.3 is 37.4 Å². The summed E-state index contributed by atoms with van der Waals surface area (Å²) in [7, 11) is 5.93. The fourth-order valence-corrected chi connectivity index (χ4v) is 33.7. The van der Waals surface area contributed by atoms with E-state index < -0.39 is 29.6 Å². The van der Waals surface area contributed by atoms with Crippen molar-refractivity contribution in [3.63, 3.8) is 0 Å². The molecule has 15 aromatic heterocycles. The molecule has 18 aromatic rings. The van der Waals surface area contributed by atoms with Crippen LogP contribution in [0, 0.1) is 23.9 Å². The van der Waals surface area contributed by atoms with Gasteiger partial charge in [-0.15, -0.1) is 34.0 Å². The van der Waals surface area contributed by atoms with Gasteiger partial charge in [0.1, 0.15) is 73.7 Å². The SMILES string of the molecule is Brc1nc(Br)n2ccccc12.Brc1ncn2ccccc12.C=[C](OCC)[Sn]([CH2]CCC)([CH2]CCC)[CH2]CCC.CC(=O)c1nc(-c2csc3c(F)cccc23)n2ccccc12.CC(=O)c1nc(Br)n2ccccc12.CC(=O)c1ncn2ccccc12.CC(C)(O)C(C)(C)O[B]c1csc2c(F)cccc12.C[CH-]C.O=C(CBr)c1nc(-c2csc3c(F)cccc23)n2ccccc12.[B]=NS.[Cl-].[Mg+2]. The van der Waals surface area contributed by atoms with Crippen LogP contribution in [0.25, 0.3) is 86.1 Å². The van der Waals surface area contributed by atoms with E-state index in [1.54, 1.807) is 52.2 Å². The number of aromatic nitrogens is 12. The van der Waals surface area contributed by atoms with Crippen molar-refractivity contribution in [2.75, 3.05) is 11.9 Å². The van der Waals surface area contributed by atoms with E-state index in [1.165, 1.54) is 129 Å². The molecule has 0 saturated heterocycles. The number of alkyl halides is 1. The molecule has 15 heterocycles. The number of carbonyl (C=O) groups is 4. The zero-order valence-electron chi connectivity index (χ0n) is 77.6. The second kappa shape index (κ2) is 56.0. The molecule has 0 atom stereocenters. The molecular weight excluding hydrogens is 2270 g/mol. The van der Waals surface area contributed by atoms with E-state index in [4.69, 9.17) is 9.39 Å². The second-order valence-electron chi connectivity index (χ2n) is 31.4. The average Bonchev–Trinajstić information content (AvgIpc) is 1.61. The first-order chi connectivity index (χ1) is 64.2. The molecule has 1 N–H and O–H groups in total.